The van der Waals surface area contributed by atoms with Gasteiger partial charge in [-0.3, -0.25) is 14.4 Å². The van der Waals surface area contributed by atoms with Gasteiger partial charge in [0, 0.05) is 18.9 Å². The number of phenols is 1. The maximum absolute atomic E-state index is 13.5. The van der Waals surface area contributed by atoms with Gasteiger partial charge >= 0.3 is 12.1 Å². The van der Waals surface area contributed by atoms with E-state index in [0.717, 1.165) is 11.6 Å². The van der Waals surface area contributed by atoms with E-state index in [4.69, 9.17) is 9.47 Å². The van der Waals surface area contributed by atoms with E-state index in [2.05, 4.69) is 21.3 Å². The Kier molecular flexibility index (Phi) is 12.1. The first-order valence-corrected chi connectivity index (χ1v) is 14.8. The van der Waals surface area contributed by atoms with E-state index in [9.17, 15) is 29.1 Å². The van der Waals surface area contributed by atoms with Crippen LogP contribution < -0.4 is 21.3 Å². The first-order chi connectivity index (χ1) is 21.2. The number of rotatable bonds is 8. The summed E-state index contributed by atoms with van der Waals surface area (Å²) in [5.41, 5.74) is 0.630. The van der Waals surface area contributed by atoms with Gasteiger partial charge in [-0.25, -0.2) is 9.59 Å². The van der Waals surface area contributed by atoms with Gasteiger partial charge in [-0.05, 0) is 49.9 Å². The molecule has 0 radical (unpaired) electrons. The molecule has 1 unspecified atom stereocenters. The summed E-state index contributed by atoms with van der Waals surface area (Å²) in [7, 11) is 0. The smallest absolute Gasteiger partial charge is 0.408 e. The number of nitrogens with one attached hydrogen (secondary N) is 4. The molecule has 0 spiro atoms. The summed E-state index contributed by atoms with van der Waals surface area (Å²) in [6.07, 6.45) is 1.92. The third-order valence-electron chi connectivity index (χ3n) is 6.73. The van der Waals surface area contributed by atoms with E-state index in [1.165, 1.54) is 18.2 Å². The molecule has 12 heteroatoms. The highest BCUT2D eigenvalue weighted by molar-refractivity contribution is 5.95. The number of alkyl carbamates (subject to hydrolysis) is 1. The zero-order chi connectivity index (χ0) is 33.1. The molecular formula is C33H42N4O8. The summed E-state index contributed by atoms with van der Waals surface area (Å²) in [6.45, 7) is 8.25. The predicted molar refractivity (Wildman–Crippen MR) is 166 cm³/mol. The van der Waals surface area contributed by atoms with E-state index in [1.807, 2.05) is 30.3 Å². The molecule has 242 valence electrons. The van der Waals surface area contributed by atoms with Crippen molar-refractivity contribution in [3.63, 3.8) is 0 Å². The van der Waals surface area contributed by atoms with E-state index >= 15 is 0 Å². The Bertz CT molecular complexity index is 1370. The molecule has 0 fully saturated rings. The zero-order valence-electron chi connectivity index (χ0n) is 26.2. The SMILES string of the molecule is CC(C)[C@@H]1NC(=O)/C=C/[C@@H](NC(=O)[C@H](Cc2ccccc2)NC(=O)OC(C)(C)C)COC(=O)C(Cc2ccc(O)cc2)NC1=O. The lowest BCUT2D eigenvalue weighted by Crippen LogP contribution is -2.55. The lowest BCUT2D eigenvalue weighted by atomic mass is 10.0. The molecule has 3 rings (SSSR count). The minimum Gasteiger partial charge on any atom is -0.508 e. The Hall–Kier alpha value is -4.87. The molecule has 2 aromatic carbocycles. The molecule has 12 nitrogen and oxygen atoms in total. The van der Waals surface area contributed by atoms with Crippen molar-refractivity contribution in [2.75, 3.05) is 6.61 Å². The molecule has 4 amide bonds. The maximum atomic E-state index is 13.5. The number of ether oxygens (including phenoxy) is 2. The Balaban J connectivity index is 1.85. The Morgan fingerprint density at radius 1 is 1.00 bits per heavy atom. The van der Waals surface area contributed by atoms with Crippen molar-refractivity contribution in [2.24, 2.45) is 5.92 Å². The molecule has 0 saturated heterocycles. The highest BCUT2D eigenvalue weighted by atomic mass is 16.6. The standard InChI is InChI=1S/C33H42N4O8/c1-20(2)28-30(41)35-26(18-22-11-14-24(38)15-12-22)31(42)44-19-23(13-16-27(39)37-28)34-29(40)25(17-21-9-7-6-8-10-21)36-32(43)45-33(3,4)5/h6-16,20,23,25-26,28,38H,17-19H2,1-5H3,(H,34,40)(H,35,41)(H,36,43)(H,37,39)/b16-13+/t23-,25+,26?,28+/m1/s1. The number of hydrogen-bond acceptors (Lipinski definition) is 8. The largest absolute Gasteiger partial charge is 0.508 e. The van der Waals surface area contributed by atoms with Crippen LogP contribution in [0.15, 0.2) is 66.7 Å². The van der Waals surface area contributed by atoms with Crippen LogP contribution >= 0.6 is 0 Å². The second-order valence-corrected chi connectivity index (χ2v) is 12.2. The monoisotopic (exact) mass is 622 g/mol. The third-order valence-corrected chi connectivity index (χ3v) is 6.73. The fourth-order valence-corrected chi connectivity index (χ4v) is 4.47. The Morgan fingerprint density at radius 2 is 1.67 bits per heavy atom. The van der Waals surface area contributed by atoms with Crippen molar-refractivity contribution in [3.8, 4) is 5.75 Å². The van der Waals surface area contributed by atoms with Gasteiger partial charge in [0.2, 0.25) is 17.7 Å². The van der Waals surface area contributed by atoms with Crippen molar-refractivity contribution in [1.29, 1.82) is 0 Å². The topological polar surface area (TPSA) is 172 Å². The van der Waals surface area contributed by atoms with Gasteiger partial charge in [0.1, 0.15) is 36.1 Å². The molecular weight excluding hydrogens is 580 g/mol. The molecule has 2 aromatic rings. The number of benzene rings is 2. The van der Waals surface area contributed by atoms with Gasteiger partial charge < -0.3 is 35.8 Å². The average Bonchev–Trinajstić information content (AvgIpc) is 2.96. The summed E-state index contributed by atoms with van der Waals surface area (Å²) < 4.78 is 10.9. The number of phenolic OH excluding ortho intramolecular Hbond substituents is 1. The maximum Gasteiger partial charge on any atom is 0.408 e. The number of carbonyl (C=O) groups excluding carboxylic acids is 5. The van der Waals surface area contributed by atoms with E-state index in [1.54, 1.807) is 46.8 Å². The van der Waals surface area contributed by atoms with Crippen molar-refractivity contribution in [3.05, 3.63) is 77.9 Å². The number of aromatic hydroxyl groups is 1. The molecule has 1 aliphatic heterocycles. The molecule has 0 bridgehead atoms. The van der Waals surface area contributed by atoms with Gasteiger partial charge in [0.25, 0.3) is 0 Å². The minimum atomic E-state index is -1.13. The number of carbonyl (C=O) groups is 5. The summed E-state index contributed by atoms with van der Waals surface area (Å²) >= 11 is 0. The first kappa shape index (κ1) is 34.6. The molecule has 4 atom stereocenters. The quantitative estimate of drug-likeness (QED) is 0.279. The van der Waals surface area contributed by atoms with Crippen LogP contribution in [0.5, 0.6) is 5.75 Å². The van der Waals surface area contributed by atoms with E-state index < -0.39 is 59.6 Å². The fraction of sp³-hybridized carbons (Fsp3) is 0.424. The van der Waals surface area contributed by atoms with Crippen LogP contribution in [0.25, 0.3) is 0 Å². The van der Waals surface area contributed by atoms with Crippen LogP contribution in [0.1, 0.15) is 45.7 Å². The highest BCUT2D eigenvalue weighted by Crippen LogP contribution is 2.14. The normalized spacial score (nSPS) is 20.8. The highest BCUT2D eigenvalue weighted by Gasteiger charge is 2.31. The van der Waals surface area contributed by atoms with Gasteiger partial charge in [0.15, 0.2) is 0 Å². The first-order valence-electron chi connectivity index (χ1n) is 14.8. The number of esters is 1. The summed E-state index contributed by atoms with van der Waals surface area (Å²) in [5, 5.41) is 20.3. The minimum absolute atomic E-state index is 0.0451. The molecule has 5 N–H and O–H groups in total. The number of cyclic esters (lactones) is 1. The van der Waals surface area contributed by atoms with Crippen LogP contribution in [0.4, 0.5) is 4.79 Å². The van der Waals surface area contributed by atoms with Gasteiger partial charge in [-0.15, -0.1) is 0 Å². The van der Waals surface area contributed by atoms with Crippen molar-refractivity contribution in [2.45, 2.75) is 77.2 Å². The van der Waals surface area contributed by atoms with E-state index in [0.29, 0.717) is 5.56 Å². The van der Waals surface area contributed by atoms with E-state index in [-0.39, 0.29) is 31.1 Å². The summed E-state index contributed by atoms with van der Waals surface area (Å²) in [5.74, 6) is -2.77. The average molecular weight is 623 g/mol. The third kappa shape index (κ3) is 11.6. The van der Waals surface area contributed by atoms with Crippen molar-refractivity contribution < 1.29 is 38.6 Å². The predicted octanol–water partition coefficient (Wildman–Crippen LogP) is 2.29. The lowest BCUT2D eigenvalue weighted by Gasteiger charge is -2.27. The molecule has 1 aliphatic rings. The Labute approximate surface area is 262 Å². The number of amides is 4. The van der Waals surface area contributed by atoms with Crippen LogP contribution in [0, 0.1) is 5.92 Å². The van der Waals surface area contributed by atoms with Crippen LogP contribution in [0.2, 0.25) is 0 Å². The van der Waals surface area contributed by atoms with Crippen LogP contribution in [-0.2, 0) is 41.5 Å². The van der Waals surface area contributed by atoms with Gasteiger partial charge in [-0.1, -0.05) is 62.4 Å². The molecule has 1 heterocycles. The zero-order valence-corrected chi connectivity index (χ0v) is 26.2. The molecule has 45 heavy (non-hydrogen) atoms. The lowest BCUT2D eigenvalue weighted by molar-refractivity contribution is -0.149. The van der Waals surface area contributed by atoms with Gasteiger partial charge in [-0.2, -0.15) is 0 Å². The fourth-order valence-electron chi connectivity index (χ4n) is 4.47. The van der Waals surface area contributed by atoms with Gasteiger partial charge in [0.05, 0.1) is 6.04 Å². The summed E-state index contributed by atoms with van der Waals surface area (Å²) in [4.78, 5) is 65.4. The number of hydrogen-bond donors (Lipinski definition) is 5. The van der Waals surface area contributed by atoms with Crippen molar-refractivity contribution >= 4 is 29.8 Å². The molecule has 0 aromatic heterocycles. The Morgan fingerprint density at radius 3 is 2.29 bits per heavy atom. The summed E-state index contributed by atoms with van der Waals surface area (Å²) in [6, 6.07) is 11.1. The molecule has 0 saturated carbocycles. The molecule has 0 aliphatic carbocycles. The van der Waals surface area contributed by atoms with Crippen LogP contribution in [0.3, 0.4) is 0 Å². The second kappa shape index (κ2) is 15.7. The van der Waals surface area contributed by atoms with Crippen LogP contribution in [-0.4, -0.2) is 71.3 Å². The van der Waals surface area contributed by atoms with Crippen molar-refractivity contribution in [1.82, 2.24) is 21.3 Å². The second-order valence-electron chi connectivity index (χ2n) is 12.2.